The number of aromatic nitrogens is 2. The molecule has 2 aromatic carbocycles. The van der Waals surface area contributed by atoms with E-state index in [4.69, 9.17) is 9.47 Å². The van der Waals surface area contributed by atoms with Crippen molar-refractivity contribution in [1.82, 2.24) is 9.97 Å². The molecular weight excluding hydrogens is 340 g/mol. The largest absolute Gasteiger partial charge is 0.493 e. The number of anilines is 4. The molecule has 0 unspecified atom stereocenters. The van der Waals surface area contributed by atoms with E-state index in [1.54, 1.807) is 20.4 Å². The van der Waals surface area contributed by atoms with Crippen molar-refractivity contribution in [1.29, 1.82) is 0 Å². The molecule has 3 rings (SSSR count). The molecule has 0 aliphatic carbocycles. The molecule has 3 aromatic rings. The Labute approximate surface area is 159 Å². The maximum absolute atomic E-state index is 5.33. The first-order chi connectivity index (χ1) is 13.1. The number of nitrogens with one attached hydrogen (secondary N) is 2. The summed E-state index contributed by atoms with van der Waals surface area (Å²) in [4.78, 5) is 8.80. The summed E-state index contributed by atoms with van der Waals surface area (Å²) in [6, 6.07) is 15.7. The summed E-state index contributed by atoms with van der Waals surface area (Å²) >= 11 is 0. The molecule has 1 aromatic heterocycles. The Kier molecular flexibility index (Phi) is 5.76. The van der Waals surface area contributed by atoms with Crippen LogP contribution < -0.4 is 20.1 Å². The van der Waals surface area contributed by atoms with Crippen LogP contribution >= 0.6 is 0 Å². The first-order valence-corrected chi connectivity index (χ1v) is 8.78. The molecule has 6 nitrogen and oxygen atoms in total. The molecule has 0 saturated heterocycles. The highest BCUT2D eigenvalue weighted by Gasteiger charge is 2.06. The number of hydrogen-bond donors (Lipinski definition) is 2. The lowest BCUT2D eigenvalue weighted by molar-refractivity contribution is 0.355. The molecule has 6 heteroatoms. The van der Waals surface area contributed by atoms with Gasteiger partial charge in [-0.25, -0.2) is 4.98 Å². The van der Waals surface area contributed by atoms with E-state index in [0.717, 1.165) is 11.4 Å². The highest BCUT2D eigenvalue weighted by atomic mass is 16.5. The summed E-state index contributed by atoms with van der Waals surface area (Å²) in [6.45, 7) is 4.35. The van der Waals surface area contributed by atoms with Crippen LogP contribution in [-0.4, -0.2) is 24.2 Å². The van der Waals surface area contributed by atoms with Crippen molar-refractivity contribution in [2.24, 2.45) is 0 Å². The van der Waals surface area contributed by atoms with Crippen molar-refractivity contribution >= 4 is 23.1 Å². The Morgan fingerprint density at radius 2 is 1.52 bits per heavy atom. The molecule has 0 amide bonds. The van der Waals surface area contributed by atoms with Crippen LogP contribution in [0.15, 0.2) is 54.7 Å². The zero-order valence-electron chi connectivity index (χ0n) is 16.0. The van der Waals surface area contributed by atoms with Crippen LogP contribution in [0.3, 0.4) is 0 Å². The Hall–Kier alpha value is -3.28. The first-order valence-electron chi connectivity index (χ1n) is 8.78. The number of ether oxygens (including phenoxy) is 2. The molecule has 1 heterocycles. The minimum absolute atomic E-state index is 0.504. The fourth-order valence-corrected chi connectivity index (χ4v) is 2.63. The Balaban J connectivity index is 1.73. The van der Waals surface area contributed by atoms with Crippen LogP contribution in [0.1, 0.15) is 25.3 Å². The second-order valence-electron chi connectivity index (χ2n) is 6.36. The van der Waals surface area contributed by atoms with Crippen molar-refractivity contribution in [3.63, 3.8) is 0 Å². The fourth-order valence-electron chi connectivity index (χ4n) is 2.63. The van der Waals surface area contributed by atoms with E-state index < -0.39 is 0 Å². The summed E-state index contributed by atoms with van der Waals surface area (Å²) < 4.78 is 10.6. The van der Waals surface area contributed by atoms with E-state index in [9.17, 15) is 0 Å². The van der Waals surface area contributed by atoms with Crippen molar-refractivity contribution in [3.05, 3.63) is 60.3 Å². The van der Waals surface area contributed by atoms with E-state index in [1.807, 2.05) is 36.4 Å². The predicted octanol–water partition coefficient (Wildman–Crippen LogP) is 5.10. The topological polar surface area (TPSA) is 68.3 Å². The summed E-state index contributed by atoms with van der Waals surface area (Å²) in [5.41, 5.74) is 3.09. The van der Waals surface area contributed by atoms with Crippen LogP contribution in [-0.2, 0) is 0 Å². The van der Waals surface area contributed by atoms with Gasteiger partial charge in [-0.3, -0.25) is 0 Å². The predicted molar refractivity (Wildman–Crippen MR) is 109 cm³/mol. The lowest BCUT2D eigenvalue weighted by Crippen LogP contribution is -2.01. The molecular formula is C21H24N4O2. The lowest BCUT2D eigenvalue weighted by Gasteiger charge is -2.12. The minimum Gasteiger partial charge on any atom is -0.493 e. The molecule has 0 bridgehead atoms. The third-order valence-electron chi connectivity index (χ3n) is 4.15. The first kappa shape index (κ1) is 18.5. The van der Waals surface area contributed by atoms with E-state index in [0.29, 0.717) is 29.2 Å². The van der Waals surface area contributed by atoms with Crippen LogP contribution in [0.2, 0.25) is 0 Å². The Morgan fingerprint density at radius 3 is 2.19 bits per heavy atom. The van der Waals surface area contributed by atoms with E-state index in [-0.39, 0.29) is 0 Å². The number of methoxy groups -OCH3 is 2. The third kappa shape index (κ3) is 4.67. The van der Waals surface area contributed by atoms with Gasteiger partial charge in [-0.05, 0) is 41.8 Å². The number of nitrogens with zero attached hydrogens (tertiary/aromatic N) is 2. The highest BCUT2D eigenvalue weighted by Crippen LogP contribution is 2.31. The van der Waals surface area contributed by atoms with Crippen LogP contribution in [0.25, 0.3) is 0 Å². The van der Waals surface area contributed by atoms with Gasteiger partial charge in [0.1, 0.15) is 5.82 Å². The normalized spacial score (nSPS) is 10.6. The standard InChI is InChI=1S/C21H24N4O2/c1-14(2)15-5-7-16(8-6-15)24-21-22-12-11-20(25-21)23-17-9-10-18(26-3)19(13-17)27-4/h5-14H,1-4H3,(H2,22,23,24,25). The van der Waals surface area contributed by atoms with Crippen LogP contribution in [0.4, 0.5) is 23.1 Å². The van der Waals surface area contributed by atoms with Crippen LogP contribution in [0.5, 0.6) is 11.5 Å². The second-order valence-corrected chi connectivity index (χ2v) is 6.36. The second kappa shape index (κ2) is 8.40. The fraction of sp³-hybridized carbons (Fsp3) is 0.238. The Morgan fingerprint density at radius 1 is 0.815 bits per heavy atom. The molecule has 0 atom stereocenters. The quantitative estimate of drug-likeness (QED) is 0.607. The number of hydrogen-bond acceptors (Lipinski definition) is 6. The molecule has 2 N–H and O–H groups in total. The van der Waals surface area contributed by atoms with Gasteiger partial charge in [-0.2, -0.15) is 4.98 Å². The summed E-state index contributed by atoms with van der Waals surface area (Å²) in [5, 5.41) is 6.48. The van der Waals surface area contributed by atoms with Crippen molar-refractivity contribution in [3.8, 4) is 11.5 Å². The maximum atomic E-state index is 5.33. The molecule has 140 valence electrons. The average Bonchev–Trinajstić information content (AvgIpc) is 2.68. The van der Waals surface area contributed by atoms with Gasteiger partial charge in [0.25, 0.3) is 0 Å². The average molecular weight is 364 g/mol. The monoisotopic (exact) mass is 364 g/mol. The molecule has 0 aliphatic heterocycles. The maximum Gasteiger partial charge on any atom is 0.229 e. The van der Waals surface area contributed by atoms with Gasteiger partial charge >= 0.3 is 0 Å². The number of benzene rings is 2. The third-order valence-corrected chi connectivity index (χ3v) is 4.15. The van der Waals surface area contributed by atoms with Gasteiger partial charge in [0, 0.05) is 23.6 Å². The van der Waals surface area contributed by atoms with Crippen molar-refractivity contribution in [2.45, 2.75) is 19.8 Å². The zero-order valence-corrected chi connectivity index (χ0v) is 16.0. The molecule has 0 aliphatic rings. The van der Waals surface area contributed by atoms with Gasteiger partial charge in [-0.15, -0.1) is 0 Å². The van der Waals surface area contributed by atoms with Gasteiger partial charge in [0.2, 0.25) is 5.95 Å². The summed E-state index contributed by atoms with van der Waals surface area (Å²) in [5.74, 6) is 3.04. The van der Waals surface area contributed by atoms with Gasteiger partial charge < -0.3 is 20.1 Å². The Bertz CT molecular complexity index is 895. The van der Waals surface area contributed by atoms with Crippen molar-refractivity contribution < 1.29 is 9.47 Å². The van der Waals surface area contributed by atoms with Gasteiger partial charge in [0.15, 0.2) is 11.5 Å². The highest BCUT2D eigenvalue weighted by molar-refractivity contribution is 5.63. The smallest absolute Gasteiger partial charge is 0.229 e. The number of rotatable bonds is 7. The SMILES string of the molecule is COc1ccc(Nc2ccnc(Nc3ccc(C(C)C)cc3)n2)cc1OC. The van der Waals surface area contributed by atoms with Crippen LogP contribution in [0, 0.1) is 0 Å². The minimum atomic E-state index is 0.504. The van der Waals surface area contributed by atoms with E-state index in [1.165, 1.54) is 5.56 Å². The van der Waals surface area contributed by atoms with E-state index in [2.05, 4.69) is 46.6 Å². The van der Waals surface area contributed by atoms with Gasteiger partial charge in [0.05, 0.1) is 14.2 Å². The van der Waals surface area contributed by atoms with Crippen molar-refractivity contribution in [2.75, 3.05) is 24.9 Å². The molecule has 0 spiro atoms. The summed E-state index contributed by atoms with van der Waals surface area (Å²) in [6.07, 6.45) is 1.71. The molecule has 27 heavy (non-hydrogen) atoms. The summed E-state index contributed by atoms with van der Waals surface area (Å²) in [7, 11) is 3.22. The lowest BCUT2D eigenvalue weighted by atomic mass is 10.0. The molecule has 0 radical (unpaired) electrons. The van der Waals surface area contributed by atoms with E-state index >= 15 is 0 Å². The van der Waals surface area contributed by atoms with Gasteiger partial charge in [-0.1, -0.05) is 26.0 Å². The zero-order chi connectivity index (χ0) is 19.2. The molecule has 0 saturated carbocycles. The molecule has 0 fully saturated rings.